The summed E-state index contributed by atoms with van der Waals surface area (Å²) in [5.41, 5.74) is 5.01. The van der Waals surface area contributed by atoms with Crippen molar-refractivity contribution in [2.75, 3.05) is 11.6 Å². The minimum Gasteiger partial charge on any atom is -0.318 e. The summed E-state index contributed by atoms with van der Waals surface area (Å²) in [5, 5.41) is 5.50. The van der Waals surface area contributed by atoms with Crippen molar-refractivity contribution in [3.05, 3.63) is 65.3 Å². The molecule has 1 N–H and O–H groups in total. The molecule has 28 heavy (non-hydrogen) atoms. The van der Waals surface area contributed by atoms with Crippen LogP contribution in [0.5, 0.6) is 0 Å². The second-order valence-corrected chi connectivity index (χ2v) is 8.21. The first kappa shape index (κ1) is 18.7. The maximum absolute atomic E-state index is 12.7. The van der Waals surface area contributed by atoms with Gasteiger partial charge >= 0.3 is 0 Å². The number of aryl methyl sites for hydroxylation is 1. The van der Waals surface area contributed by atoms with Gasteiger partial charge in [-0.15, -0.1) is 11.3 Å². The summed E-state index contributed by atoms with van der Waals surface area (Å²) in [7, 11) is 0. The van der Waals surface area contributed by atoms with Gasteiger partial charge in [-0.25, -0.2) is 9.97 Å². The molecular weight excluding hydrogens is 388 g/mol. The van der Waals surface area contributed by atoms with E-state index in [1.165, 1.54) is 16.9 Å². The van der Waals surface area contributed by atoms with Gasteiger partial charge in [0, 0.05) is 10.9 Å². The van der Waals surface area contributed by atoms with Gasteiger partial charge in [0.1, 0.15) is 12.4 Å². The van der Waals surface area contributed by atoms with E-state index in [1.54, 1.807) is 11.8 Å². The first-order valence-corrected chi connectivity index (χ1v) is 11.2. The Morgan fingerprint density at radius 1 is 1.14 bits per heavy atom. The Labute approximate surface area is 171 Å². The summed E-state index contributed by atoms with van der Waals surface area (Å²) in [5.74, 6) is 1.56. The van der Waals surface area contributed by atoms with Crippen LogP contribution in [0.3, 0.4) is 0 Å². The molecule has 0 aliphatic rings. The molecule has 0 saturated carbocycles. The van der Waals surface area contributed by atoms with E-state index in [9.17, 15) is 4.79 Å². The third kappa shape index (κ3) is 3.95. The number of aromatic nitrogens is 3. The van der Waals surface area contributed by atoms with E-state index in [4.69, 9.17) is 0 Å². The van der Waals surface area contributed by atoms with Crippen LogP contribution >= 0.6 is 23.1 Å². The highest BCUT2D eigenvalue weighted by Gasteiger charge is 2.14. The zero-order valence-corrected chi connectivity index (χ0v) is 17.3. The second-order valence-electron chi connectivity index (χ2n) is 6.49. The molecule has 7 heteroatoms. The molecule has 0 radical (unpaired) electrons. The molecule has 5 nitrogen and oxygen atoms in total. The Morgan fingerprint density at radius 3 is 2.71 bits per heavy atom. The molecule has 0 unspecified atom stereocenters. The molecule has 0 fully saturated rings. The Kier molecular flexibility index (Phi) is 5.45. The summed E-state index contributed by atoms with van der Waals surface area (Å²) in [6.07, 6.45) is 2.03. The van der Waals surface area contributed by atoms with Crippen LogP contribution in [-0.4, -0.2) is 26.7 Å². The number of carbonyl (C=O) groups is 1. The van der Waals surface area contributed by atoms with Crippen molar-refractivity contribution in [3.8, 4) is 11.3 Å². The van der Waals surface area contributed by atoms with Crippen LogP contribution < -0.4 is 5.32 Å². The predicted octanol–water partition coefficient (Wildman–Crippen LogP) is 4.97. The topological polar surface area (TPSA) is 59.8 Å². The summed E-state index contributed by atoms with van der Waals surface area (Å²) >= 11 is 3.13. The quantitative estimate of drug-likeness (QED) is 0.489. The number of fused-ring (bicyclic) bond motifs is 1. The van der Waals surface area contributed by atoms with E-state index in [-0.39, 0.29) is 12.5 Å². The van der Waals surface area contributed by atoms with E-state index in [0.717, 1.165) is 33.9 Å². The molecule has 0 bridgehead atoms. The number of hydrogen-bond donors (Lipinski definition) is 1. The average molecular weight is 409 g/mol. The third-order valence-electron chi connectivity index (χ3n) is 4.41. The lowest BCUT2D eigenvalue weighted by Gasteiger charge is -2.08. The van der Waals surface area contributed by atoms with Crippen molar-refractivity contribution < 1.29 is 4.79 Å². The van der Waals surface area contributed by atoms with Crippen LogP contribution in [0.1, 0.15) is 11.4 Å². The number of benzene rings is 2. The molecule has 0 atom stereocenters. The zero-order chi connectivity index (χ0) is 19.5. The number of carbonyl (C=O) groups excluding carboxylic acids is 1. The first-order valence-electron chi connectivity index (χ1n) is 8.89. The molecule has 142 valence electrons. The number of nitrogens with zero attached hydrogens (tertiary/aromatic N) is 3. The average Bonchev–Trinajstić information content (AvgIpc) is 3.28. The molecule has 1 amide bonds. The summed E-state index contributed by atoms with van der Waals surface area (Å²) < 4.78 is 1.98. The van der Waals surface area contributed by atoms with Gasteiger partial charge in [-0.2, -0.15) is 11.8 Å². The maximum atomic E-state index is 12.7. The number of anilines is 1. The second kappa shape index (κ2) is 8.16. The number of para-hydroxylation sites is 2. The van der Waals surface area contributed by atoms with E-state index >= 15 is 0 Å². The molecular formula is C21H20N4OS2. The Hall–Kier alpha value is -2.64. The minimum absolute atomic E-state index is 0.102. The van der Waals surface area contributed by atoms with Crippen molar-refractivity contribution in [2.24, 2.45) is 0 Å². The third-order valence-corrected chi connectivity index (χ3v) is 5.71. The number of nitrogens with one attached hydrogen (secondary N) is 1. The number of hydrogen-bond acceptors (Lipinski definition) is 5. The van der Waals surface area contributed by atoms with Gasteiger partial charge in [0.25, 0.3) is 0 Å². The van der Waals surface area contributed by atoms with Crippen molar-refractivity contribution in [1.82, 2.24) is 14.5 Å². The van der Waals surface area contributed by atoms with Crippen LogP contribution in [0.25, 0.3) is 22.3 Å². The van der Waals surface area contributed by atoms with Crippen molar-refractivity contribution >= 4 is 45.2 Å². The lowest BCUT2D eigenvalue weighted by atomic mass is 10.1. The molecule has 2 heterocycles. The van der Waals surface area contributed by atoms with Gasteiger partial charge in [0.15, 0.2) is 5.13 Å². The normalized spacial score (nSPS) is 11.1. The minimum atomic E-state index is -0.102. The molecule has 0 aliphatic heterocycles. The van der Waals surface area contributed by atoms with Crippen molar-refractivity contribution in [2.45, 2.75) is 19.2 Å². The maximum Gasteiger partial charge on any atom is 0.246 e. The molecule has 0 spiro atoms. The Morgan fingerprint density at radius 2 is 1.93 bits per heavy atom. The highest BCUT2D eigenvalue weighted by molar-refractivity contribution is 7.97. The monoisotopic (exact) mass is 408 g/mol. The summed E-state index contributed by atoms with van der Waals surface area (Å²) in [6, 6.07) is 16.1. The van der Waals surface area contributed by atoms with Gasteiger partial charge in [0.05, 0.1) is 22.5 Å². The number of imidazole rings is 1. The number of amides is 1. The van der Waals surface area contributed by atoms with E-state index < -0.39 is 0 Å². The summed E-state index contributed by atoms with van der Waals surface area (Å²) in [4.78, 5) is 21.9. The fraction of sp³-hybridized carbons (Fsp3) is 0.190. The molecule has 4 rings (SSSR count). The van der Waals surface area contributed by atoms with E-state index in [2.05, 4.69) is 34.3 Å². The van der Waals surface area contributed by atoms with Gasteiger partial charge in [-0.3, -0.25) is 4.79 Å². The van der Waals surface area contributed by atoms with Crippen LogP contribution in [0, 0.1) is 6.92 Å². The zero-order valence-electron chi connectivity index (χ0n) is 15.7. The van der Waals surface area contributed by atoms with Crippen molar-refractivity contribution in [3.63, 3.8) is 0 Å². The lowest BCUT2D eigenvalue weighted by Crippen LogP contribution is -2.20. The van der Waals surface area contributed by atoms with Gasteiger partial charge in [-0.05, 0) is 25.3 Å². The first-order chi connectivity index (χ1) is 13.6. The van der Waals surface area contributed by atoms with Gasteiger partial charge in [-0.1, -0.05) is 42.0 Å². The lowest BCUT2D eigenvalue weighted by molar-refractivity contribution is -0.116. The Balaban J connectivity index is 1.52. The summed E-state index contributed by atoms with van der Waals surface area (Å²) in [6.45, 7) is 2.28. The van der Waals surface area contributed by atoms with Crippen molar-refractivity contribution in [1.29, 1.82) is 0 Å². The number of rotatable bonds is 6. The van der Waals surface area contributed by atoms with Gasteiger partial charge < -0.3 is 9.88 Å². The van der Waals surface area contributed by atoms with E-state index in [0.29, 0.717) is 5.13 Å². The largest absolute Gasteiger partial charge is 0.318 e. The Bertz CT molecular complexity index is 1120. The molecule has 0 aliphatic carbocycles. The van der Waals surface area contributed by atoms with E-state index in [1.807, 2.05) is 52.6 Å². The molecule has 2 aromatic carbocycles. The highest BCUT2D eigenvalue weighted by atomic mass is 32.2. The number of thioether (sulfide) groups is 1. The van der Waals surface area contributed by atoms with Crippen LogP contribution in [0.2, 0.25) is 0 Å². The fourth-order valence-corrected chi connectivity index (χ4v) is 4.25. The SMILES string of the molecule is CSCc1nc2ccccc2n1CC(=O)Nc1nc(-c2ccc(C)cc2)cs1. The standard InChI is InChI=1S/C21H20N4OS2/c1-14-7-9-15(10-8-14)17-12-28-21(23-17)24-20(26)11-25-18-6-4-3-5-16(18)22-19(25)13-27-2/h3-10,12H,11,13H2,1-2H3,(H,23,24,26). The molecule has 0 saturated heterocycles. The van der Waals surface area contributed by atoms with Crippen LogP contribution in [-0.2, 0) is 17.1 Å². The smallest absolute Gasteiger partial charge is 0.246 e. The molecule has 2 aromatic heterocycles. The van der Waals surface area contributed by atoms with Gasteiger partial charge in [0.2, 0.25) is 5.91 Å². The van der Waals surface area contributed by atoms with Crippen LogP contribution in [0.15, 0.2) is 53.9 Å². The highest BCUT2D eigenvalue weighted by Crippen LogP contribution is 2.25. The van der Waals surface area contributed by atoms with Crippen LogP contribution in [0.4, 0.5) is 5.13 Å². The molecule has 4 aromatic rings. The fourth-order valence-electron chi connectivity index (χ4n) is 3.03. The number of thiazole rings is 1. The predicted molar refractivity (Wildman–Crippen MR) is 118 cm³/mol.